The Morgan fingerprint density at radius 1 is 1.37 bits per heavy atom. The lowest BCUT2D eigenvalue weighted by atomic mass is 10.1. The van der Waals surface area contributed by atoms with Crippen LogP contribution in [0.25, 0.3) is 0 Å². The van der Waals surface area contributed by atoms with Crippen molar-refractivity contribution < 1.29 is 4.74 Å². The van der Waals surface area contributed by atoms with Gasteiger partial charge in [0.05, 0.1) is 11.6 Å². The standard InChI is InChI=1S/C14H18ClN3O/c1-18-8-7-17-14(18)5-9-19-13-3-2-11(4-6-16)10-12(13)15/h2-3,7-8,10H,4-6,9,16H2,1H3. The number of imidazole rings is 1. The number of aryl methyl sites for hydroxylation is 1. The number of hydrogen-bond acceptors (Lipinski definition) is 3. The van der Waals surface area contributed by atoms with Crippen LogP contribution in [0.3, 0.4) is 0 Å². The fourth-order valence-electron chi connectivity index (χ4n) is 1.87. The van der Waals surface area contributed by atoms with Gasteiger partial charge in [-0.25, -0.2) is 4.98 Å². The SMILES string of the molecule is Cn1ccnc1CCOc1ccc(CCN)cc1Cl. The summed E-state index contributed by atoms with van der Waals surface area (Å²) in [6.45, 7) is 1.18. The zero-order valence-corrected chi connectivity index (χ0v) is 11.7. The summed E-state index contributed by atoms with van der Waals surface area (Å²) in [5, 5.41) is 0.630. The van der Waals surface area contributed by atoms with E-state index in [4.69, 9.17) is 22.1 Å². The van der Waals surface area contributed by atoms with E-state index in [1.165, 1.54) is 0 Å². The average Bonchev–Trinajstić information content (AvgIpc) is 2.78. The van der Waals surface area contributed by atoms with Crippen LogP contribution in [-0.4, -0.2) is 22.7 Å². The molecule has 4 nitrogen and oxygen atoms in total. The van der Waals surface area contributed by atoms with Crippen LogP contribution in [0.4, 0.5) is 0 Å². The summed E-state index contributed by atoms with van der Waals surface area (Å²) >= 11 is 6.17. The van der Waals surface area contributed by atoms with Crippen LogP contribution in [0.1, 0.15) is 11.4 Å². The highest BCUT2D eigenvalue weighted by Gasteiger charge is 2.04. The first-order chi connectivity index (χ1) is 9.20. The Morgan fingerprint density at radius 3 is 2.84 bits per heavy atom. The normalized spacial score (nSPS) is 10.7. The van der Waals surface area contributed by atoms with E-state index in [9.17, 15) is 0 Å². The van der Waals surface area contributed by atoms with E-state index in [2.05, 4.69) is 4.98 Å². The van der Waals surface area contributed by atoms with Crippen LogP contribution >= 0.6 is 11.6 Å². The van der Waals surface area contributed by atoms with Gasteiger partial charge in [-0.1, -0.05) is 17.7 Å². The molecule has 1 aromatic carbocycles. The molecule has 5 heteroatoms. The molecule has 0 saturated heterocycles. The minimum absolute atomic E-state index is 0.556. The number of nitrogens with two attached hydrogens (primary N) is 1. The topological polar surface area (TPSA) is 53.1 Å². The van der Waals surface area contributed by atoms with Crippen molar-refractivity contribution in [1.82, 2.24) is 9.55 Å². The molecule has 0 unspecified atom stereocenters. The van der Waals surface area contributed by atoms with Crippen molar-refractivity contribution in [1.29, 1.82) is 0 Å². The molecule has 0 radical (unpaired) electrons. The lowest BCUT2D eigenvalue weighted by Crippen LogP contribution is -2.07. The maximum atomic E-state index is 6.17. The molecule has 0 bridgehead atoms. The number of ether oxygens (including phenoxy) is 1. The van der Waals surface area contributed by atoms with Crippen LogP contribution in [-0.2, 0) is 19.9 Å². The van der Waals surface area contributed by atoms with E-state index < -0.39 is 0 Å². The summed E-state index contributed by atoms with van der Waals surface area (Å²) in [7, 11) is 1.97. The first-order valence-electron chi connectivity index (χ1n) is 6.28. The monoisotopic (exact) mass is 279 g/mol. The van der Waals surface area contributed by atoms with Gasteiger partial charge in [-0.3, -0.25) is 0 Å². The second-order valence-corrected chi connectivity index (χ2v) is 4.76. The number of aromatic nitrogens is 2. The summed E-state index contributed by atoms with van der Waals surface area (Å²) in [5.74, 6) is 1.70. The number of hydrogen-bond donors (Lipinski definition) is 1. The van der Waals surface area contributed by atoms with E-state index in [1.807, 2.05) is 36.0 Å². The molecule has 2 rings (SSSR count). The van der Waals surface area contributed by atoms with Gasteiger partial charge in [0.1, 0.15) is 11.6 Å². The molecule has 0 spiro atoms. The molecule has 0 amide bonds. The van der Waals surface area contributed by atoms with E-state index in [1.54, 1.807) is 6.20 Å². The molecular weight excluding hydrogens is 262 g/mol. The highest BCUT2D eigenvalue weighted by atomic mass is 35.5. The van der Waals surface area contributed by atoms with Crippen molar-refractivity contribution in [2.45, 2.75) is 12.8 Å². The lowest BCUT2D eigenvalue weighted by Gasteiger charge is -2.09. The number of halogens is 1. The van der Waals surface area contributed by atoms with Crippen molar-refractivity contribution in [2.75, 3.05) is 13.2 Å². The first kappa shape index (κ1) is 13.9. The predicted molar refractivity (Wildman–Crippen MR) is 76.6 cm³/mol. The van der Waals surface area contributed by atoms with E-state index in [0.29, 0.717) is 23.9 Å². The maximum Gasteiger partial charge on any atom is 0.137 e. The molecule has 2 aromatic rings. The van der Waals surface area contributed by atoms with Crippen molar-refractivity contribution >= 4 is 11.6 Å². The van der Waals surface area contributed by atoms with Crippen LogP contribution in [0, 0.1) is 0 Å². The fraction of sp³-hybridized carbons (Fsp3) is 0.357. The average molecular weight is 280 g/mol. The third-order valence-corrected chi connectivity index (χ3v) is 3.23. The molecule has 0 aliphatic carbocycles. The second-order valence-electron chi connectivity index (χ2n) is 4.36. The van der Waals surface area contributed by atoms with Crippen molar-refractivity contribution in [2.24, 2.45) is 12.8 Å². The van der Waals surface area contributed by atoms with Crippen molar-refractivity contribution in [3.05, 3.63) is 47.0 Å². The van der Waals surface area contributed by atoms with Gasteiger partial charge in [-0.15, -0.1) is 0 Å². The third-order valence-electron chi connectivity index (χ3n) is 2.93. The van der Waals surface area contributed by atoms with Gasteiger partial charge < -0.3 is 15.0 Å². The molecule has 1 aromatic heterocycles. The van der Waals surface area contributed by atoms with E-state index in [-0.39, 0.29) is 0 Å². The summed E-state index contributed by atoms with van der Waals surface area (Å²) < 4.78 is 7.66. The van der Waals surface area contributed by atoms with E-state index in [0.717, 1.165) is 24.2 Å². The van der Waals surface area contributed by atoms with Crippen LogP contribution < -0.4 is 10.5 Å². The van der Waals surface area contributed by atoms with Gasteiger partial charge in [0.15, 0.2) is 0 Å². The molecule has 0 aliphatic rings. The second kappa shape index (κ2) is 6.59. The lowest BCUT2D eigenvalue weighted by molar-refractivity contribution is 0.317. The Hall–Kier alpha value is -1.52. The van der Waals surface area contributed by atoms with Gasteiger partial charge in [0.25, 0.3) is 0 Å². The third kappa shape index (κ3) is 3.72. The van der Waals surface area contributed by atoms with Crippen LogP contribution in [0.2, 0.25) is 5.02 Å². The van der Waals surface area contributed by atoms with Crippen LogP contribution in [0.5, 0.6) is 5.75 Å². The first-order valence-corrected chi connectivity index (χ1v) is 6.66. The minimum Gasteiger partial charge on any atom is -0.492 e. The van der Waals surface area contributed by atoms with Gasteiger partial charge >= 0.3 is 0 Å². The quantitative estimate of drug-likeness (QED) is 0.882. The Bertz CT molecular complexity index is 539. The summed E-state index contributed by atoms with van der Waals surface area (Å²) in [6.07, 6.45) is 5.28. The summed E-state index contributed by atoms with van der Waals surface area (Å²) in [6, 6.07) is 5.80. The molecule has 102 valence electrons. The molecule has 0 saturated carbocycles. The molecule has 0 atom stereocenters. The number of benzene rings is 1. The van der Waals surface area contributed by atoms with Gasteiger partial charge in [-0.05, 0) is 30.7 Å². The summed E-state index contributed by atoms with van der Waals surface area (Å²) in [4.78, 5) is 4.24. The Balaban J connectivity index is 1.91. The molecule has 19 heavy (non-hydrogen) atoms. The smallest absolute Gasteiger partial charge is 0.137 e. The zero-order chi connectivity index (χ0) is 13.7. The fourth-order valence-corrected chi connectivity index (χ4v) is 2.13. The van der Waals surface area contributed by atoms with Crippen molar-refractivity contribution in [3.63, 3.8) is 0 Å². The predicted octanol–water partition coefficient (Wildman–Crippen LogP) is 2.20. The van der Waals surface area contributed by atoms with Crippen LogP contribution in [0.15, 0.2) is 30.6 Å². The largest absolute Gasteiger partial charge is 0.492 e. The summed E-state index contributed by atoms with van der Waals surface area (Å²) in [5.41, 5.74) is 6.64. The van der Waals surface area contributed by atoms with Crippen molar-refractivity contribution in [3.8, 4) is 5.75 Å². The van der Waals surface area contributed by atoms with E-state index >= 15 is 0 Å². The molecule has 1 heterocycles. The highest BCUT2D eigenvalue weighted by Crippen LogP contribution is 2.25. The number of rotatable bonds is 6. The molecule has 0 fully saturated rings. The van der Waals surface area contributed by atoms with Gasteiger partial charge in [0.2, 0.25) is 0 Å². The van der Waals surface area contributed by atoms with Gasteiger partial charge in [-0.2, -0.15) is 0 Å². The Morgan fingerprint density at radius 2 is 2.21 bits per heavy atom. The minimum atomic E-state index is 0.556. The molecule has 0 aliphatic heterocycles. The van der Waals surface area contributed by atoms with Gasteiger partial charge in [0, 0.05) is 25.9 Å². The number of nitrogens with zero attached hydrogens (tertiary/aromatic N) is 2. The zero-order valence-electron chi connectivity index (χ0n) is 11.0. The molecule has 2 N–H and O–H groups in total. The Kier molecular flexibility index (Phi) is 4.82. The maximum absolute atomic E-state index is 6.17. The Labute approximate surface area is 118 Å². The highest BCUT2D eigenvalue weighted by molar-refractivity contribution is 6.32. The molecular formula is C14H18ClN3O.